The number of aliphatic hydroxyl groups excluding tert-OH is 2. The summed E-state index contributed by atoms with van der Waals surface area (Å²) in [4.78, 5) is 0. The maximum atomic E-state index is 9.09. The smallest absolute Gasteiger partial charge is 0.100 e. The van der Waals surface area contributed by atoms with Crippen molar-refractivity contribution in [3.8, 4) is 0 Å². The minimum absolute atomic E-state index is 0.114. The zero-order chi connectivity index (χ0) is 10.8. The summed E-state index contributed by atoms with van der Waals surface area (Å²) in [6.07, 6.45) is 5.95. The minimum Gasteiger partial charge on any atom is -0.394 e. The lowest BCUT2D eigenvalue weighted by atomic mass is 10.1. The largest absolute Gasteiger partial charge is 0.394 e. The summed E-state index contributed by atoms with van der Waals surface area (Å²) in [6.45, 7) is 4.12. The molecule has 0 aromatic rings. The average molecular weight is 203 g/mol. The van der Waals surface area contributed by atoms with Crippen LogP contribution in [0, 0.1) is 6.42 Å². The van der Waals surface area contributed by atoms with Crippen LogP contribution >= 0.6 is 0 Å². The van der Waals surface area contributed by atoms with E-state index in [0.29, 0.717) is 0 Å². The van der Waals surface area contributed by atoms with Gasteiger partial charge in [-0.3, -0.25) is 0 Å². The van der Waals surface area contributed by atoms with E-state index in [1.54, 1.807) is 0 Å². The molecule has 0 spiro atoms. The van der Waals surface area contributed by atoms with Crippen LogP contribution in [0.15, 0.2) is 0 Å². The van der Waals surface area contributed by atoms with E-state index in [-0.39, 0.29) is 19.3 Å². The Bertz CT molecular complexity index is 117. The topological polar surface area (TPSA) is 49.7 Å². The third kappa shape index (κ3) is 7.30. The van der Waals surface area contributed by atoms with E-state index in [0.717, 1.165) is 12.8 Å². The van der Waals surface area contributed by atoms with E-state index in [9.17, 15) is 0 Å². The standard InChI is InChI=1S/C11H23O3/c1-3-5-6-7-11(4-2)14-9-10(13)8-12/h4,10-13H,3,5-9H2,1-2H3. The predicted octanol–water partition coefficient (Wildman–Crippen LogP) is 1.53. The van der Waals surface area contributed by atoms with Crippen LogP contribution in [0.1, 0.15) is 39.5 Å². The monoisotopic (exact) mass is 203 g/mol. The molecule has 0 fully saturated rings. The first-order chi connectivity index (χ1) is 6.74. The summed E-state index contributed by atoms with van der Waals surface area (Å²) >= 11 is 0. The van der Waals surface area contributed by atoms with Crippen molar-refractivity contribution in [2.45, 2.75) is 51.7 Å². The van der Waals surface area contributed by atoms with Gasteiger partial charge in [0.1, 0.15) is 6.10 Å². The fourth-order valence-corrected chi connectivity index (χ4v) is 1.23. The lowest BCUT2D eigenvalue weighted by Crippen LogP contribution is -2.24. The summed E-state index contributed by atoms with van der Waals surface area (Å²) in [6, 6.07) is 0. The van der Waals surface area contributed by atoms with Crippen LogP contribution in [-0.4, -0.2) is 35.6 Å². The van der Waals surface area contributed by atoms with Gasteiger partial charge in [0, 0.05) is 0 Å². The van der Waals surface area contributed by atoms with Crippen molar-refractivity contribution < 1.29 is 14.9 Å². The van der Waals surface area contributed by atoms with Gasteiger partial charge in [-0.15, -0.1) is 0 Å². The zero-order valence-electron chi connectivity index (χ0n) is 9.28. The summed E-state index contributed by atoms with van der Waals surface area (Å²) in [7, 11) is 0. The molecule has 0 aromatic heterocycles. The molecular formula is C11H23O3. The molecule has 14 heavy (non-hydrogen) atoms. The van der Waals surface area contributed by atoms with Crippen molar-refractivity contribution in [2.24, 2.45) is 0 Å². The van der Waals surface area contributed by atoms with E-state index in [1.807, 2.05) is 13.3 Å². The highest BCUT2D eigenvalue weighted by molar-refractivity contribution is 4.72. The lowest BCUT2D eigenvalue weighted by molar-refractivity contribution is -0.0210. The molecule has 0 amide bonds. The van der Waals surface area contributed by atoms with Crippen molar-refractivity contribution in [3.63, 3.8) is 0 Å². The van der Waals surface area contributed by atoms with Crippen molar-refractivity contribution >= 4 is 0 Å². The van der Waals surface area contributed by atoms with Gasteiger partial charge >= 0.3 is 0 Å². The van der Waals surface area contributed by atoms with Gasteiger partial charge in [-0.05, 0) is 12.8 Å². The first-order valence-electron chi connectivity index (χ1n) is 5.44. The molecule has 0 rings (SSSR count). The van der Waals surface area contributed by atoms with Gasteiger partial charge in [-0.1, -0.05) is 33.1 Å². The van der Waals surface area contributed by atoms with Crippen LogP contribution in [-0.2, 0) is 4.74 Å². The van der Waals surface area contributed by atoms with Crippen molar-refractivity contribution in [1.82, 2.24) is 0 Å². The average Bonchev–Trinajstić information content (AvgIpc) is 2.22. The van der Waals surface area contributed by atoms with Gasteiger partial charge in [-0.2, -0.15) is 0 Å². The van der Waals surface area contributed by atoms with Gasteiger partial charge in [0.25, 0.3) is 0 Å². The van der Waals surface area contributed by atoms with Crippen molar-refractivity contribution in [1.29, 1.82) is 0 Å². The molecule has 0 aliphatic heterocycles. The summed E-state index contributed by atoms with van der Waals surface area (Å²) in [5.74, 6) is 0. The maximum Gasteiger partial charge on any atom is 0.100 e. The van der Waals surface area contributed by atoms with E-state index in [4.69, 9.17) is 14.9 Å². The normalized spacial score (nSPS) is 15.4. The van der Waals surface area contributed by atoms with Gasteiger partial charge in [0.15, 0.2) is 0 Å². The van der Waals surface area contributed by atoms with Crippen molar-refractivity contribution in [3.05, 3.63) is 6.42 Å². The van der Waals surface area contributed by atoms with Crippen LogP contribution < -0.4 is 0 Å². The molecule has 2 unspecified atom stereocenters. The maximum absolute atomic E-state index is 9.09. The van der Waals surface area contributed by atoms with Gasteiger partial charge in [-0.25, -0.2) is 0 Å². The molecule has 0 saturated heterocycles. The number of hydrogen-bond acceptors (Lipinski definition) is 3. The highest BCUT2D eigenvalue weighted by Crippen LogP contribution is 2.09. The number of rotatable bonds is 9. The van der Waals surface area contributed by atoms with Crippen LogP contribution in [0.4, 0.5) is 0 Å². The zero-order valence-corrected chi connectivity index (χ0v) is 9.28. The molecule has 3 nitrogen and oxygen atoms in total. The Balaban J connectivity index is 3.47. The Labute approximate surface area is 87.1 Å². The summed E-state index contributed by atoms with van der Waals surface area (Å²) in [5.41, 5.74) is 0. The highest BCUT2D eigenvalue weighted by Gasteiger charge is 2.09. The summed E-state index contributed by atoms with van der Waals surface area (Å²) < 4.78 is 5.42. The molecule has 85 valence electrons. The third-order valence-electron chi connectivity index (χ3n) is 2.18. The molecule has 0 aliphatic rings. The van der Waals surface area contributed by atoms with E-state index in [2.05, 4.69) is 6.92 Å². The molecule has 2 atom stereocenters. The van der Waals surface area contributed by atoms with Gasteiger partial charge in [0.05, 0.1) is 19.3 Å². The Morgan fingerprint density at radius 1 is 1.36 bits per heavy atom. The van der Waals surface area contributed by atoms with Crippen LogP contribution in [0.2, 0.25) is 0 Å². The lowest BCUT2D eigenvalue weighted by Gasteiger charge is -2.17. The highest BCUT2D eigenvalue weighted by atomic mass is 16.5. The first kappa shape index (κ1) is 13.9. The second-order valence-corrected chi connectivity index (χ2v) is 3.54. The summed E-state index contributed by atoms with van der Waals surface area (Å²) in [5, 5.41) is 17.7. The third-order valence-corrected chi connectivity index (χ3v) is 2.18. The molecular weight excluding hydrogens is 180 g/mol. The van der Waals surface area contributed by atoms with E-state index < -0.39 is 6.10 Å². The number of unbranched alkanes of at least 4 members (excludes halogenated alkanes) is 2. The molecule has 0 bridgehead atoms. The van der Waals surface area contributed by atoms with E-state index >= 15 is 0 Å². The first-order valence-corrected chi connectivity index (χ1v) is 5.44. The minimum atomic E-state index is -0.747. The van der Waals surface area contributed by atoms with Crippen molar-refractivity contribution in [2.75, 3.05) is 13.2 Å². The fraction of sp³-hybridized carbons (Fsp3) is 0.909. The second kappa shape index (κ2) is 9.44. The molecule has 0 saturated carbocycles. The van der Waals surface area contributed by atoms with Crippen LogP contribution in [0.5, 0.6) is 0 Å². The molecule has 1 radical (unpaired) electrons. The van der Waals surface area contributed by atoms with Crippen LogP contribution in [0.25, 0.3) is 0 Å². The van der Waals surface area contributed by atoms with E-state index in [1.165, 1.54) is 12.8 Å². The Kier molecular flexibility index (Phi) is 9.35. The SMILES string of the molecule is C[CH]C(CCCCC)OCC(O)CO. The molecule has 0 aliphatic carbocycles. The molecule has 0 heterocycles. The Morgan fingerprint density at radius 2 is 2.07 bits per heavy atom. The van der Waals surface area contributed by atoms with Gasteiger partial charge < -0.3 is 14.9 Å². The Hall–Kier alpha value is -0.120. The Morgan fingerprint density at radius 3 is 2.57 bits per heavy atom. The number of ether oxygens (including phenoxy) is 1. The van der Waals surface area contributed by atoms with Crippen LogP contribution in [0.3, 0.4) is 0 Å². The number of aliphatic hydroxyl groups is 2. The molecule has 0 aromatic carbocycles. The molecule has 2 N–H and O–H groups in total. The fourth-order valence-electron chi connectivity index (χ4n) is 1.23. The van der Waals surface area contributed by atoms with Gasteiger partial charge in [0.2, 0.25) is 0 Å². The predicted molar refractivity (Wildman–Crippen MR) is 56.9 cm³/mol. The number of hydrogen-bond donors (Lipinski definition) is 2. The molecule has 3 heteroatoms. The quantitative estimate of drug-likeness (QED) is 0.559. The second-order valence-electron chi connectivity index (χ2n) is 3.54.